The zero-order chi connectivity index (χ0) is 14.9. The molecule has 4 rings (SSSR count). The summed E-state index contributed by atoms with van der Waals surface area (Å²) < 4.78 is 12.4. The fraction of sp³-hybridized carbons (Fsp3) is 0. The zero-order valence-electron chi connectivity index (χ0n) is 11.3. The summed E-state index contributed by atoms with van der Waals surface area (Å²) in [6.07, 6.45) is 5.22. The van der Waals surface area contributed by atoms with Gasteiger partial charge >= 0.3 is 0 Å². The highest BCUT2D eigenvalue weighted by molar-refractivity contribution is 7.22. The van der Waals surface area contributed by atoms with E-state index in [1.165, 1.54) is 0 Å². The van der Waals surface area contributed by atoms with Crippen molar-refractivity contribution in [2.45, 2.75) is 0 Å². The van der Waals surface area contributed by atoms with Crippen LogP contribution in [0.3, 0.4) is 0 Å². The number of fused-ring (bicyclic) bond motifs is 1. The van der Waals surface area contributed by atoms with Gasteiger partial charge in [-0.2, -0.15) is 0 Å². The van der Waals surface area contributed by atoms with Crippen molar-refractivity contribution in [2.24, 2.45) is 0 Å². The van der Waals surface area contributed by atoms with E-state index in [2.05, 4.69) is 11.1 Å². The number of hydrogen-bond acceptors (Lipinski definition) is 4. The molecule has 0 aliphatic carbocycles. The molecular weight excluding hydrogens is 318 g/mol. The molecule has 0 aliphatic rings. The minimum atomic E-state index is 0.680. The minimum absolute atomic E-state index is 0.680. The Bertz CT molecular complexity index is 914. The molecule has 0 saturated carbocycles. The number of furan rings is 1. The van der Waals surface area contributed by atoms with E-state index in [4.69, 9.17) is 20.8 Å². The topological polar surface area (TPSA) is 35.3 Å². The summed E-state index contributed by atoms with van der Waals surface area (Å²) in [5, 5.41) is 1.70. The first-order chi connectivity index (χ1) is 10.8. The predicted molar refractivity (Wildman–Crippen MR) is 88.8 cm³/mol. The molecule has 3 aromatic heterocycles. The molecule has 3 heterocycles. The van der Waals surface area contributed by atoms with Crippen LogP contribution in [0.1, 0.15) is 0 Å². The maximum Gasteiger partial charge on any atom is 0.154 e. The lowest BCUT2D eigenvalue weighted by Gasteiger charge is -2.06. The SMILES string of the molecule is Clc1ccc(Oc2cncc3sc(-c4ccco4)cc23)cc1. The number of aromatic nitrogens is 1. The Labute approximate surface area is 135 Å². The van der Waals surface area contributed by atoms with E-state index in [0.29, 0.717) is 10.8 Å². The summed E-state index contributed by atoms with van der Waals surface area (Å²) in [5.41, 5.74) is 0. The minimum Gasteiger partial charge on any atom is -0.464 e. The Morgan fingerprint density at radius 2 is 1.95 bits per heavy atom. The van der Waals surface area contributed by atoms with Crippen LogP contribution in [0.4, 0.5) is 0 Å². The number of pyridine rings is 1. The Hall–Kier alpha value is -2.30. The van der Waals surface area contributed by atoms with Crippen LogP contribution in [-0.2, 0) is 0 Å². The lowest BCUT2D eigenvalue weighted by molar-refractivity contribution is 0.486. The largest absolute Gasteiger partial charge is 0.464 e. The summed E-state index contributed by atoms with van der Waals surface area (Å²) in [4.78, 5) is 5.30. The van der Waals surface area contributed by atoms with Gasteiger partial charge < -0.3 is 9.15 Å². The molecule has 22 heavy (non-hydrogen) atoms. The van der Waals surface area contributed by atoms with Crippen LogP contribution < -0.4 is 4.74 Å². The Kier molecular flexibility index (Phi) is 3.33. The van der Waals surface area contributed by atoms with Gasteiger partial charge in [0.2, 0.25) is 0 Å². The summed E-state index contributed by atoms with van der Waals surface area (Å²) >= 11 is 7.52. The van der Waals surface area contributed by atoms with E-state index in [1.54, 1.807) is 35.9 Å². The molecule has 3 nitrogen and oxygen atoms in total. The normalized spacial score (nSPS) is 11.0. The van der Waals surface area contributed by atoms with Crippen molar-refractivity contribution >= 4 is 33.0 Å². The van der Waals surface area contributed by atoms with Gasteiger partial charge in [0.25, 0.3) is 0 Å². The summed E-state index contributed by atoms with van der Waals surface area (Å²) in [5.74, 6) is 2.29. The maximum atomic E-state index is 5.93. The van der Waals surface area contributed by atoms with Crippen molar-refractivity contribution in [1.82, 2.24) is 4.98 Å². The molecule has 108 valence electrons. The van der Waals surface area contributed by atoms with E-state index in [9.17, 15) is 0 Å². The Morgan fingerprint density at radius 1 is 1.09 bits per heavy atom. The van der Waals surface area contributed by atoms with Crippen LogP contribution in [0.5, 0.6) is 11.5 Å². The number of rotatable bonds is 3. The first-order valence-electron chi connectivity index (χ1n) is 6.64. The number of ether oxygens (including phenoxy) is 1. The van der Waals surface area contributed by atoms with Crippen LogP contribution in [0.15, 0.2) is 65.5 Å². The summed E-state index contributed by atoms with van der Waals surface area (Å²) in [6, 6.07) is 13.1. The smallest absolute Gasteiger partial charge is 0.154 e. The van der Waals surface area contributed by atoms with Gasteiger partial charge in [-0.25, -0.2) is 0 Å². The van der Waals surface area contributed by atoms with E-state index >= 15 is 0 Å². The van der Waals surface area contributed by atoms with E-state index < -0.39 is 0 Å². The molecule has 0 fully saturated rings. The van der Waals surface area contributed by atoms with Crippen LogP contribution >= 0.6 is 22.9 Å². The predicted octanol–water partition coefficient (Wildman–Crippen LogP) is 6.00. The van der Waals surface area contributed by atoms with Gasteiger partial charge in [0.05, 0.1) is 22.0 Å². The van der Waals surface area contributed by atoms with Crippen molar-refractivity contribution in [3.8, 4) is 22.1 Å². The van der Waals surface area contributed by atoms with Gasteiger partial charge in [0.1, 0.15) is 11.5 Å². The number of thiophene rings is 1. The van der Waals surface area contributed by atoms with Crippen LogP contribution in [0.2, 0.25) is 5.02 Å². The second kappa shape index (κ2) is 5.48. The van der Waals surface area contributed by atoms with Gasteiger partial charge in [0, 0.05) is 16.6 Å². The molecule has 0 unspecified atom stereocenters. The molecule has 0 spiro atoms. The molecule has 5 heteroatoms. The van der Waals surface area contributed by atoms with Gasteiger partial charge in [-0.3, -0.25) is 4.98 Å². The van der Waals surface area contributed by atoms with Crippen molar-refractivity contribution in [3.05, 3.63) is 66.1 Å². The first-order valence-corrected chi connectivity index (χ1v) is 7.84. The van der Waals surface area contributed by atoms with Crippen molar-refractivity contribution in [3.63, 3.8) is 0 Å². The molecule has 0 radical (unpaired) electrons. The number of benzene rings is 1. The monoisotopic (exact) mass is 327 g/mol. The van der Waals surface area contributed by atoms with Crippen LogP contribution in [0.25, 0.3) is 20.7 Å². The summed E-state index contributed by atoms with van der Waals surface area (Å²) in [6.45, 7) is 0. The van der Waals surface area contributed by atoms with Gasteiger partial charge in [0.15, 0.2) is 5.75 Å². The zero-order valence-corrected chi connectivity index (χ0v) is 12.9. The third kappa shape index (κ3) is 2.47. The molecular formula is C17H10ClNO2S. The molecule has 4 aromatic rings. The molecule has 0 bridgehead atoms. The number of nitrogens with zero attached hydrogens (tertiary/aromatic N) is 1. The highest BCUT2D eigenvalue weighted by atomic mass is 35.5. The molecule has 0 N–H and O–H groups in total. The number of halogens is 1. The molecule has 0 amide bonds. The van der Waals surface area contributed by atoms with Crippen molar-refractivity contribution in [1.29, 1.82) is 0 Å². The average molecular weight is 328 g/mol. The number of hydrogen-bond donors (Lipinski definition) is 0. The van der Waals surface area contributed by atoms with E-state index in [0.717, 1.165) is 26.5 Å². The van der Waals surface area contributed by atoms with Crippen molar-refractivity contribution < 1.29 is 9.15 Å². The van der Waals surface area contributed by atoms with Crippen LogP contribution in [-0.4, -0.2) is 4.98 Å². The lowest BCUT2D eigenvalue weighted by atomic mass is 10.2. The van der Waals surface area contributed by atoms with Gasteiger partial charge in [-0.05, 0) is 42.5 Å². The van der Waals surface area contributed by atoms with E-state index in [-0.39, 0.29) is 0 Å². The molecule has 0 atom stereocenters. The van der Waals surface area contributed by atoms with Crippen molar-refractivity contribution in [2.75, 3.05) is 0 Å². The highest BCUT2D eigenvalue weighted by Gasteiger charge is 2.11. The quantitative estimate of drug-likeness (QED) is 0.462. The fourth-order valence-corrected chi connectivity index (χ4v) is 3.33. The molecule has 0 aliphatic heterocycles. The standard InChI is InChI=1S/C17H10ClNO2S/c18-11-3-5-12(6-4-11)21-15-9-19-10-17-13(15)8-16(22-17)14-2-1-7-20-14/h1-10H. The fourth-order valence-electron chi connectivity index (χ4n) is 2.19. The van der Waals surface area contributed by atoms with Gasteiger partial charge in [-0.15, -0.1) is 11.3 Å². The van der Waals surface area contributed by atoms with E-state index in [1.807, 2.05) is 30.5 Å². The molecule has 0 saturated heterocycles. The Balaban J connectivity index is 1.76. The maximum absolute atomic E-state index is 5.93. The average Bonchev–Trinajstić information content (AvgIpc) is 3.18. The van der Waals surface area contributed by atoms with Crippen LogP contribution in [0, 0.1) is 0 Å². The first kappa shape index (κ1) is 13.4. The summed E-state index contributed by atoms with van der Waals surface area (Å²) in [7, 11) is 0. The second-order valence-corrected chi connectivity index (χ2v) is 6.21. The second-order valence-electron chi connectivity index (χ2n) is 4.69. The third-order valence-corrected chi connectivity index (χ3v) is 4.55. The Morgan fingerprint density at radius 3 is 2.73 bits per heavy atom. The highest BCUT2D eigenvalue weighted by Crippen LogP contribution is 2.38. The lowest BCUT2D eigenvalue weighted by Crippen LogP contribution is -1.85. The van der Waals surface area contributed by atoms with Gasteiger partial charge in [-0.1, -0.05) is 11.6 Å². The third-order valence-electron chi connectivity index (χ3n) is 3.22. The molecule has 1 aromatic carbocycles.